The third-order valence-electron chi connectivity index (χ3n) is 3.08. The van der Waals surface area contributed by atoms with E-state index in [0.717, 1.165) is 17.7 Å². The van der Waals surface area contributed by atoms with Crippen molar-refractivity contribution in [3.63, 3.8) is 0 Å². The molecule has 0 aliphatic carbocycles. The van der Waals surface area contributed by atoms with Crippen molar-refractivity contribution >= 4 is 11.5 Å². The van der Waals surface area contributed by atoms with Crippen molar-refractivity contribution in [3.05, 3.63) is 29.3 Å². The van der Waals surface area contributed by atoms with Gasteiger partial charge in [-0.2, -0.15) is 0 Å². The molecule has 1 aromatic carbocycles. The molecule has 1 saturated heterocycles. The molecule has 1 unspecified atom stereocenters. The van der Waals surface area contributed by atoms with Crippen LogP contribution in [-0.2, 0) is 9.57 Å². The second kappa shape index (κ2) is 3.30. The van der Waals surface area contributed by atoms with Gasteiger partial charge in [0.1, 0.15) is 0 Å². The molecular weight excluding hydrogens is 206 g/mol. The summed E-state index contributed by atoms with van der Waals surface area (Å²) in [7, 11) is 0. The number of carbonyl (C=O) groups excluding carboxylic acids is 1. The van der Waals surface area contributed by atoms with Crippen LogP contribution in [0.25, 0.3) is 0 Å². The molecule has 0 amide bonds. The number of fused-ring (bicyclic) bond motifs is 1. The summed E-state index contributed by atoms with van der Waals surface area (Å²) in [4.78, 5) is 17.7. The van der Waals surface area contributed by atoms with Crippen LogP contribution >= 0.6 is 0 Å². The van der Waals surface area contributed by atoms with Gasteiger partial charge in [-0.3, -0.25) is 10.3 Å². The van der Waals surface area contributed by atoms with E-state index in [1.807, 2.05) is 25.1 Å². The first-order chi connectivity index (χ1) is 7.71. The standard InChI is InChI=1S/C12H13NO3/c1-8-3-4-9-10(7-8)13-16-12(11(9)14)5-2-6-15-12/h3-4,7,13H,2,5-6H2,1H3. The van der Waals surface area contributed by atoms with E-state index in [-0.39, 0.29) is 5.78 Å². The van der Waals surface area contributed by atoms with Crippen LogP contribution in [0.4, 0.5) is 5.69 Å². The van der Waals surface area contributed by atoms with E-state index in [0.29, 0.717) is 18.6 Å². The lowest BCUT2D eigenvalue weighted by atomic mass is 9.97. The van der Waals surface area contributed by atoms with Crippen LogP contribution in [-0.4, -0.2) is 18.2 Å². The Labute approximate surface area is 93.5 Å². The lowest BCUT2D eigenvalue weighted by Crippen LogP contribution is -2.46. The van der Waals surface area contributed by atoms with Crippen LogP contribution in [0.15, 0.2) is 18.2 Å². The van der Waals surface area contributed by atoms with Crippen LogP contribution in [0.1, 0.15) is 28.8 Å². The van der Waals surface area contributed by atoms with Gasteiger partial charge in [0.25, 0.3) is 5.79 Å². The van der Waals surface area contributed by atoms with E-state index in [2.05, 4.69) is 5.48 Å². The van der Waals surface area contributed by atoms with Gasteiger partial charge in [0, 0.05) is 12.0 Å². The molecular formula is C12H13NO3. The summed E-state index contributed by atoms with van der Waals surface area (Å²) in [5.74, 6) is -1.15. The van der Waals surface area contributed by atoms with Crippen LogP contribution < -0.4 is 5.48 Å². The molecule has 0 radical (unpaired) electrons. The number of hydrogen-bond donors (Lipinski definition) is 1. The molecule has 1 spiro atoms. The Kier molecular flexibility index (Phi) is 2.02. The van der Waals surface area contributed by atoms with Gasteiger partial charge in [-0.15, -0.1) is 0 Å². The zero-order valence-electron chi connectivity index (χ0n) is 9.08. The second-order valence-corrected chi connectivity index (χ2v) is 4.29. The largest absolute Gasteiger partial charge is 0.342 e. The van der Waals surface area contributed by atoms with Gasteiger partial charge in [0.05, 0.1) is 12.3 Å². The van der Waals surface area contributed by atoms with Crippen LogP contribution in [0, 0.1) is 6.92 Å². The molecule has 0 aromatic heterocycles. The molecule has 84 valence electrons. The molecule has 4 heteroatoms. The molecule has 1 aromatic rings. The van der Waals surface area contributed by atoms with Gasteiger partial charge in [0.15, 0.2) is 0 Å². The van der Waals surface area contributed by atoms with Crippen molar-refractivity contribution in [3.8, 4) is 0 Å². The van der Waals surface area contributed by atoms with E-state index in [1.165, 1.54) is 0 Å². The monoisotopic (exact) mass is 219 g/mol. The second-order valence-electron chi connectivity index (χ2n) is 4.29. The topological polar surface area (TPSA) is 47.6 Å². The lowest BCUT2D eigenvalue weighted by molar-refractivity contribution is -0.159. The number of ketones is 1. The molecule has 2 aliphatic heterocycles. The Morgan fingerprint density at radius 1 is 1.44 bits per heavy atom. The molecule has 3 rings (SSSR count). The third kappa shape index (κ3) is 1.27. The molecule has 0 saturated carbocycles. The van der Waals surface area contributed by atoms with Crippen molar-refractivity contribution in [1.82, 2.24) is 0 Å². The zero-order chi connectivity index (χ0) is 11.2. The van der Waals surface area contributed by atoms with Gasteiger partial charge in [-0.1, -0.05) is 6.07 Å². The fraction of sp³-hybridized carbons (Fsp3) is 0.417. The minimum Gasteiger partial charge on any atom is -0.342 e. The van der Waals surface area contributed by atoms with Crippen molar-refractivity contribution < 1.29 is 14.4 Å². The highest BCUT2D eigenvalue weighted by molar-refractivity contribution is 6.07. The van der Waals surface area contributed by atoms with Crippen molar-refractivity contribution in [2.45, 2.75) is 25.6 Å². The van der Waals surface area contributed by atoms with Gasteiger partial charge < -0.3 is 4.74 Å². The minimum atomic E-state index is -1.08. The Bertz CT molecular complexity index is 450. The first kappa shape index (κ1) is 9.81. The van der Waals surface area contributed by atoms with Crippen molar-refractivity contribution in [2.24, 2.45) is 0 Å². The summed E-state index contributed by atoms with van der Waals surface area (Å²) < 4.78 is 5.45. The third-order valence-corrected chi connectivity index (χ3v) is 3.08. The fourth-order valence-electron chi connectivity index (χ4n) is 2.20. The maximum Gasteiger partial charge on any atom is 0.257 e. The molecule has 4 nitrogen and oxygen atoms in total. The summed E-state index contributed by atoms with van der Waals surface area (Å²) in [5.41, 5.74) is 5.29. The highest BCUT2D eigenvalue weighted by Gasteiger charge is 2.48. The Balaban J connectivity index is 2.05. The quantitative estimate of drug-likeness (QED) is 0.725. The predicted molar refractivity (Wildman–Crippen MR) is 58.1 cm³/mol. The SMILES string of the molecule is Cc1ccc2c(c1)NOC1(CCCO1)C2=O. The van der Waals surface area contributed by atoms with E-state index < -0.39 is 5.79 Å². The number of benzene rings is 1. The first-order valence-corrected chi connectivity index (χ1v) is 5.45. The summed E-state index contributed by atoms with van der Waals surface area (Å²) >= 11 is 0. The number of aryl methyl sites for hydroxylation is 1. The highest BCUT2D eigenvalue weighted by Crippen LogP contribution is 2.37. The highest BCUT2D eigenvalue weighted by atomic mass is 16.8. The number of anilines is 1. The Morgan fingerprint density at radius 2 is 2.31 bits per heavy atom. The molecule has 2 heterocycles. The Morgan fingerprint density at radius 3 is 3.06 bits per heavy atom. The molecule has 16 heavy (non-hydrogen) atoms. The number of hydrogen-bond acceptors (Lipinski definition) is 4. The minimum absolute atomic E-state index is 0.0706. The number of Topliss-reactive ketones (excluding diaryl/α,β-unsaturated/α-hetero) is 1. The molecule has 2 aliphatic rings. The summed E-state index contributed by atoms with van der Waals surface area (Å²) in [5, 5.41) is 0. The van der Waals surface area contributed by atoms with E-state index in [9.17, 15) is 4.79 Å². The summed E-state index contributed by atoms with van der Waals surface area (Å²) in [6.45, 7) is 2.55. The lowest BCUT2D eigenvalue weighted by Gasteiger charge is -2.32. The summed E-state index contributed by atoms with van der Waals surface area (Å²) in [6.07, 6.45) is 1.47. The van der Waals surface area contributed by atoms with Gasteiger partial charge in [-0.05, 0) is 31.0 Å². The van der Waals surface area contributed by atoms with Gasteiger partial charge in [-0.25, -0.2) is 4.84 Å². The zero-order valence-corrected chi connectivity index (χ0v) is 9.08. The first-order valence-electron chi connectivity index (χ1n) is 5.45. The maximum atomic E-state index is 12.3. The van der Waals surface area contributed by atoms with Gasteiger partial charge in [0.2, 0.25) is 5.78 Å². The van der Waals surface area contributed by atoms with Crippen LogP contribution in [0.2, 0.25) is 0 Å². The number of rotatable bonds is 0. The van der Waals surface area contributed by atoms with Crippen LogP contribution in [0.5, 0.6) is 0 Å². The number of ether oxygens (including phenoxy) is 1. The van der Waals surface area contributed by atoms with Crippen molar-refractivity contribution in [2.75, 3.05) is 12.1 Å². The van der Waals surface area contributed by atoms with Crippen LogP contribution in [0.3, 0.4) is 0 Å². The predicted octanol–water partition coefficient (Wildman–Crippen LogP) is 2.04. The number of carbonyl (C=O) groups is 1. The van der Waals surface area contributed by atoms with Crippen molar-refractivity contribution in [1.29, 1.82) is 0 Å². The van der Waals surface area contributed by atoms with E-state index in [4.69, 9.17) is 9.57 Å². The fourth-order valence-corrected chi connectivity index (χ4v) is 2.20. The molecule has 1 atom stereocenters. The molecule has 1 N–H and O–H groups in total. The molecule has 0 bridgehead atoms. The average Bonchev–Trinajstić information content (AvgIpc) is 2.74. The van der Waals surface area contributed by atoms with Gasteiger partial charge >= 0.3 is 0 Å². The maximum absolute atomic E-state index is 12.3. The van der Waals surface area contributed by atoms with E-state index in [1.54, 1.807) is 0 Å². The average molecular weight is 219 g/mol. The normalized spacial score (nSPS) is 27.9. The van der Waals surface area contributed by atoms with E-state index >= 15 is 0 Å². The molecule has 1 fully saturated rings. The summed E-state index contributed by atoms with van der Waals surface area (Å²) in [6, 6.07) is 5.65. The number of nitrogens with one attached hydrogen (secondary N) is 1. The smallest absolute Gasteiger partial charge is 0.257 e. The Hall–Kier alpha value is -1.39.